The molecule has 0 fully saturated rings. The minimum atomic E-state index is -1.11. The van der Waals surface area contributed by atoms with Crippen molar-refractivity contribution in [3.8, 4) is 0 Å². The van der Waals surface area contributed by atoms with Crippen molar-refractivity contribution in [3.05, 3.63) is 63.1 Å². The third kappa shape index (κ3) is 4.22. The lowest BCUT2D eigenvalue weighted by Gasteiger charge is -2.11. The molecule has 2 rings (SSSR count). The van der Waals surface area contributed by atoms with Crippen LogP contribution in [0, 0.1) is 0 Å². The number of carbonyl (C=O) groups excluding carboxylic acids is 1. The van der Waals surface area contributed by atoms with Gasteiger partial charge in [-0.1, -0.05) is 41.9 Å². The molecule has 0 heterocycles. The molecule has 5 nitrogen and oxygen atoms in total. The van der Waals surface area contributed by atoms with Gasteiger partial charge in [-0.2, -0.15) is 0 Å². The molecule has 0 atom stereocenters. The van der Waals surface area contributed by atoms with Crippen LogP contribution >= 0.6 is 27.5 Å². The molecule has 0 radical (unpaired) electrons. The molecule has 1 amide bonds. The average Bonchev–Trinajstić information content (AvgIpc) is 2.49. The maximum atomic E-state index is 11.8. The fraction of sp³-hybridized carbons (Fsp3) is 0.0667. The van der Waals surface area contributed by atoms with E-state index >= 15 is 0 Å². The van der Waals surface area contributed by atoms with Gasteiger partial charge in [-0.25, -0.2) is 9.59 Å². The van der Waals surface area contributed by atoms with Gasteiger partial charge in [0.1, 0.15) is 6.61 Å². The van der Waals surface area contributed by atoms with Crippen molar-refractivity contribution in [2.24, 2.45) is 0 Å². The SMILES string of the molecule is O=C(Nc1c(Cl)cc(C(=O)O)cc1Br)OCc1ccccc1. The van der Waals surface area contributed by atoms with Gasteiger partial charge in [0.15, 0.2) is 0 Å². The number of carbonyl (C=O) groups is 2. The van der Waals surface area contributed by atoms with Crippen molar-refractivity contribution >= 4 is 45.3 Å². The number of halogens is 2. The number of ether oxygens (including phenoxy) is 1. The van der Waals surface area contributed by atoms with Crippen LogP contribution < -0.4 is 5.32 Å². The Morgan fingerprint density at radius 1 is 1.23 bits per heavy atom. The number of amides is 1. The Morgan fingerprint density at radius 3 is 2.50 bits per heavy atom. The predicted molar refractivity (Wildman–Crippen MR) is 86.4 cm³/mol. The first-order chi connectivity index (χ1) is 10.5. The molecule has 0 aliphatic carbocycles. The zero-order valence-corrected chi connectivity index (χ0v) is 13.5. The van der Waals surface area contributed by atoms with Crippen molar-refractivity contribution in [1.82, 2.24) is 0 Å². The summed E-state index contributed by atoms with van der Waals surface area (Å²) in [5.41, 5.74) is 1.12. The molecule has 2 aromatic carbocycles. The van der Waals surface area contributed by atoms with Gasteiger partial charge in [0.05, 0.1) is 16.3 Å². The van der Waals surface area contributed by atoms with Gasteiger partial charge in [-0.15, -0.1) is 0 Å². The van der Waals surface area contributed by atoms with Crippen molar-refractivity contribution < 1.29 is 19.4 Å². The number of carboxylic acids is 1. The van der Waals surface area contributed by atoms with E-state index in [1.54, 1.807) is 0 Å². The summed E-state index contributed by atoms with van der Waals surface area (Å²) in [7, 11) is 0. The number of carboxylic acid groups (broad SMARTS) is 1. The normalized spacial score (nSPS) is 10.1. The van der Waals surface area contributed by atoms with Crippen LogP contribution in [-0.2, 0) is 11.3 Å². The zero-order valence-electron chi connectivity index (χ0n) is 11.2. The fourth-order valence-corrected chi connectivity index (χ4v) is 2.62. The molecule has 22 heavy (non-hydrogen) atoms. The maximum Gasteiger partial charge on any atom is 0.412 e. The van der Waals surface area contributed by atoms with Crippen LogP contribution in [0.4, 0.5) is 10.5 Å². The molecule has 0 unspecified atom stereocenters. The van der Waals surface area contributed by atoms with Crippen LogP contribution in [-0.4, -0.2) is 17.2 Å². The van der Waals surface area contributed by atoms with Crippen molar-refractivity contribution in [2.75, 3.05) is 5.32 Å². The molecule has 2 N–H and O–H groups in total. The smallest absolute Gasteiger partial charge is 0.412 e. The molecular formula is C15H11BrClNO4. The highest BCUT2D eigenvalue weighted by atomic mass is 79.9. The van der Waals surface area contributed by atoms with Gasteiger partial charge < -0.3 is 9.84 Å². The molecule has 0 bridgehead atoms. The monoisotopic (exact) mass is 383 g/mol. The van der Waals surface area contributed by atoms with Gasteiger partial charge in [0.2, 0.25) is 0 Å². The minimum absolute atomic E-state index is 0.0140. The van der Waals surface area contributed by atoms with Gasteiger partial charge in [0.25, 0.3) is 0 Å². The van der Waals surface area contributed by atoms with Crippen LogP contribution in [0.5, 0.6) is 0 Å². The maximum absolute atomic E-state index is 11.8. The van der Waals surface area contributed by atoms with E-state index in [2.05, 4.69) is 21.2 Å². The molecule has 0 aliphatic rings. The molecule has 7 heteroatoms. The van der Waals surface area contributed by atoms with E-state index in [1.807, 2.05) is 30.3 Å². The fourth-order valence-electron chi connectivity index (χ4n) is 1.68. The number of nitrogens with one attached hydrogen (secondary N) is 1. The summed E-state index contributed by atoms with van der Waals surface area (Å²) < 4.78 is 5.43. The first-order valence-electron chi connectivity index (χ1n) is 6.17. The first-order valence-corrected chi connectivity index (χ1v) is 7.34. The van der Waals surface area contributed by atoms with Gasteiger partial charge >= 0.3 is 12.1 Å². The number of anilines is 1. The van der Waals surface area contributed by atoms with E-state index in [0.717, 1.165) is 5.56 Å². The summed E-state index contributed by atoms with van der Waals surface area (Å²) in [5, 5.41) is 11.5. The quantitative estimate of drug-likeness (QED) is 0.811. The summed E-state index contributed by atoms with van der Waals surface area (Å²) in [5.74, 6) is -1.11. The van der Waals surface area contributed by atoms with Gasteiger partial charge in [-0.3, -0.25) is 5.32 Å². The Morgan fingerprint density at radius 2 is 1.91 bits per heavy atom. The largest absolute Gasteiger partial charge is 0.478 e. The summed E-state index contributed by atoms with van der Waals surface area (Å²) in [6, 6.07) is 11.8. The number of benzene rings is 2. The Kier molecular flexibility index (Phi) is 5.41. The van der Waals surface area contributed by atoms with Crippen molar-refractivity contribution in [3.63, 3.8) is 0 Å². The van der Waals surface area contributed by atoms with E-state index in [9.17, 15) is 9.59 Å². The second kappa shape index (κ2) is 7.29. The van der Waals surface area contributed by atoms with Crippen LogP contribution in [0.25, 0.3) is 0 Å². The Labute approximate surface area is 140 Å². The average molecular weight is 385 g/mol. The molecule has 0 saturated carbocycles. The number of rotatable bonds is 4. The second-order valence-corrected chi connectivity index (χ2v) is 5.57. The first kappa shape index (κ1) is 16.3. The lowest BCUT2D eigenvalue weighted by Crippen LogP contribution is -2.14. The lowest BCUT2D eigenvalue weighted by molar-refractivity contribution is 0.0697. The molecule has 114 valence electrons. The Balaban J connectivity index is 2.04. The molecular weight excluding hydrogens is 374 g/mol. The standard InChI is InChI=1S/C15H11BrClNO4/c16-11-6-10(14(19)20)7-12(17)13(11)18-15(21)22-8-9-4-2-1-3-5-9/h1-7H,8H2,(H,18,21)(H,19,20). The Bertz CT molecular complexity index is 683. The summed E-state index contributed by atoms with van der Waals surface area (Å²) in [4.78, 5) is 22.7. The number of hydrogen-bond acceptors (Lipinski definition) is 3. The molecule has 0 spiro atoms. The third-order valence-electron chi connectivity index (χ3n) is 2.73. The highest BCUT2D eigenvalue weighted by Gasteiger charge is 2.14. The summed E-state index contributed by atoms with van der Waals surface area (Å²) in [6.45, 7) is 0.120. The summed E-state index contributed by atoms with van der Waals surface area (Å²) >= 11 is 9.15. The lowest BCUT2D eigenvalue weighted by atomic mass is 10.2. The molecule has 0 aliphatic heterocycles. The van der Waals surface area contributed by atoms with Crippen LogP contribution in [0.3, 0.4) is 0 Å². The highest BCUT2D eigenvalue weighted by molar-refractivity contribution is 9.10. The van der Waals surface area contributed by atoms with E-state index < -0.39 is 12.1 Å². The van der Waals surface area contributed by atoms with E-state index in [-0.39, 0.29) is 22.9 Å². The van der Waals surface area contributed by atoms with Crippen LogP contribution in [0.2, 0.25) is 5.02 Å². The Hall–Kier alpha value is -2.05. The van der Waals surface area contributed by atoms with Gasteiger partial charge in [0, 0.05) is 4.47 Å². The molecule has 0 aromatic heterocycles. The third-order valence-corrected chi connectivity index (χ3v) is 3.65. The highest BCUT2D eigenvalue weighted by Crippen LogP contribution is 2.32. The van der Waals surface area contributed by atoms with E-state index in [1.165, 1.54) is 12.1 Å². The second-order valence-electron chi connectivity index (χ2n) is 4.31. The molecule has 0 saturated heterocycles. The van der Waals surface area contributed by atoms with Crippen LogP contribution in [0.1, 0.15) is 15.9 Å². The number of aromatic carboxylic acids is 1. The topological polar surface area (TPSA) is 75.6 Å². The van der Waals surface area contributed by atoms with Crippen LogP contribution in [0.15, 0.2) is 46.9 Å². The number of hydrogen-bond donors (Lipinski definition) is 2. The predicted octanol–water partition coefficient (Wildman–Crippen LogP) is 4.55. The zero-order chi connectivity index (χ0) is 16.1. The van der Waals surface area contributed by atoms with E-state index in [0.29, 0.717) is 4.47 Å². The molecule has 2 aromatic rings. The van der Waals surface area contributed by atoms with Crippen molar-refractivity contribution in [1.29, 1.82) is 0 Å². The minimum Gasteiger partial charge on any atom is -0.478 e. The summed E-state index contributed by atoms with van der Waals surface area (Å²) in [6.07, 6.45) is -0.686. The van der Waals surface area contributed by atoms with Crippen molar-refractivity contribution in [2.45, 2.75) is 6.61 Å². The van der Waals surface area contributed by atoms with E-state index in [4.69, 9.17) is 21.4 Å². The van der Waals surface area contributed by atoms with Gasteiger partial charge in [-0.05, 0) is 33.6 Å².